The summed E-state index contributed by atoms with van der Waals surface area (Å²) in [5, 5.41) is 0. The Morgan fingerprint density at radius 2 is 1.92 bits per heavy atom. The molecule has 0 radical (unpaired) electrons. The van der Waals surface area contributed by atoms with Gasteiger partial charge < -0.3 is 9.64 Å². The standard InChI is InChI=1S/C20H24N4O2/c1-11-5-6-12(2)23-19(11)20(25)24-14(4)15-7-16(24)17(8-15)26-18-10-21-13(3)9-22-18/h5-6,9-10,14-17H,7-8H2,1-4H3. The Hall–Kier alpha value is -2.50. The molecule has 1 aliphatic carbocycles. The SMILES string of the molecule is Cc1cnc(OC2CC3CC2N(C(=O)c2nc(C)ccc2C)C3C)cn1. The molecule has 0 spiro atoms. The van der Waals surface area contributed by atoms with E-state index in [0.717, 1.165) is 29.8 Å². The number of fused-ring (bicyclic) bond motifs is 2. The van der Waals surface area contributed by atoms with Crippen molar-refractivity contribution in [3.8, 4) is 5.88 Å². The lowest BCUT2D eigenvalue weighted by atomic mass is 9.98. The molecule has 1 amide bonds. The van der Waals surface area contributed by atoms with E-state index >= 15 is 0 Å². The molecule has 1 saturated carbocycles. The van der Waals surface area contributed by atoms with E-state index in [-0.39, 0.29) is 24.1 Å². The second-order valence-corrected chi connectivity index (χ2v) is 7.52. The summed E-state index contributed by atoms with van der Waals surface area (Å²) in [4.78, 5) is 28.3. The van der Waals surface area contributed by atoms with Crippen LogP contribution in [-0.4, -0.2) is 43.9 Å². The molecular formula is C20H24N4O2. The molecule has 3 heterocycles. The third-order valence-corrected chi connectivity index (χ3v) is 5.69. The maximum atomic E-state index is 13.2. The lowest BCUT2D eigenvalue weighted by molar-refractivity contribution is 0.0307. The molecule has 0 N–H and O–H groups in total. The van der Waals surface area contributed by atoms with Gasteiger partial charge in [0.2, 0.25) is 5.88 Å². The maximum absolute atomic E-state index is 13.2. The van der Waals surface area contributed by atoms with Crippen LogP contribution in [0.3, 0.4) is 0 Å². The molecule has 2 bridgehead atoms. The number of amides is 1. The van der Waals surface area contributed by atoms with Crippen LogP contribution in [-0.2, 0) is 0 Å². The number of aromatic nitrogens is 3. The zero-order valence-corrected chi connectivity index (χ0v) is 15.6. The van der Waals surface area contributed by atoms with Crippen LogP contribution in [0.25, 0.3) is 0 Å². The second kappa shape index (κ2) is 6.34. The fraction of sp³-hybridized carbons (Fsp3) is 0.500. The van der Waals surface area contributed by atoms with Crippen LogP contribution in [0.15, 0.2) is 24.5 Å². The lowest BCUT2D eigenvalue weighted by Crippen LogP contribution is -2.51. The van der Waals surface area contributed by atoms with Gasteiger partial charge in [-0.05, 0) is 58.1 Å². The molecule has 6 heteroatoms. The highest BCUT2D eigenvalue weighted by Crippen LogP contribution is 2.44. The van der Waals surface area contributed by atoms with Gasteiger partial charge in [-0.1, -0.05) is 6.07 Å². The Morgan fingerprint density at radius 1 is 1.12 bits per heavy atom. The molecule has 1 saturated heterocycles. The predicted octanol–water partition coefficient (Wildman–Crippen LogP) is 2.87. The van der Waals surface area contributed by atoms with Crippen molar-refractivity contribution in [2.24, 2.45) is 5.92 Å². The fourth-order valence-electron chi connectivity index (χ4n) is 4.25. The third kappa shape index (κ3) is 2.83. The Bertz CT molecular complexity index is 836. The first-order valence-electron chi connectivity index (χ1n) is 9.16. The number of carbonyl (C=O) groups excluding carboxylic acids is 1. The van der Waals surface area contributed by atoms with Gasteiger partial charge in [-0.15, -0.1) is 0 Å². The van der Waals surface area contributed by atoms with Crippen molar-refractivity contribution in [1.29, 1.82) is 0 Å². The minimum atomic E-state index is -0.0396. The summed E-state index contributed by atoms with van der Waals surface area (Å²) in [5.41, 5.74) is 3.19. The van der Waals surface area contributed by atoms with E-state index in [1.165, 1.54) is 0 Å². The van der Waals surface area contributed by atoms with Gasteiger partial charge in [-0.2, -0.15) is 0 Å². The minimum absolute atomic E-state index is 0.00879. The first kappa shape index (κ1) is 16.9. The average Bonchev–Trinajstić information content (AvgIpc) is 3.16. The summed E-state index contributed by atoms with van der Waals surface area (Å²) in [6.07, 6.45) is 5.24. The number of pyridine rings is 1. The maximum Gasteiger partial charge on any atom is 0.273 e. The second-order valence-electron chi connectivity index (χ2n) is 7.52. The Balaban J connectivity index is 1.57. The van der Waals surface area contributed by atoms with Gasteiger partial charge >= 0.3 is 0 Å². The quantitative estimate of drug-likeness (QED) is 0.850. The molecule has 136 valence electrons. The molecule has 4 rings (SSSR count). The number of nitrogens with zero attached hydrogens (tertiary/aromatic N) is 4. The van der Waals surface area contributed by atoms with E-state index in [0.29, 0.717) is 17.5 Å². The number of aryl methyl sites for hydroxylation is 3. The van der Waals surface area contributed by atoms with Crippen LogP contribution in [0.5, 0.6) is 5.88 Å². The summed E-state index contributed by atoms with van der Waals surface area (Å²) in [7, 11) is 0. The van der Waals surface area contributed by atoms with Gasteiger partial charge in [-0.25, -0.2) is 9.97 Å². The number of piperidine rings is 1. The van der Waals surface area contributed by atoms with Gasteiger partial charge in [-0.3, -0.25) is 9.78 Å². The molecule has 4 unspecified atom stereocenters. The molecule has 4 atom stereocenters. The third-order valence-electron chi connectivity index (χ3n) is 5.69. The topological polar surface area (TPSA) is 68.2 Å². The van der Waals surface area contributed by atoms with Crippen LogP contribution in [0.2, 0.25) is 0 Å². The van der Waals surface area contributed by atoms with Crippen molar-refractivity contribution in [3.05, 3.63) is 47.2 Å². The van der Waals surface area contributed by atoms with Crippen LogP contribution >= 0.6 is 0 Å². The van der Waals surface area contributed by atoms with Gasteiger partial charge in [0.15, 0.2) is 0 Å². The summed E-state index contributed by atoms with van der Waals surface area (Å²) in [5.74, 6) is 0.991. The predicted molar refractivity (Wildman–Crippen MR) is 97.0 cm³/mol. The zero-order chi connectivity index (χ0) is 18.4. The molecule has 6 nitrogen and oxygen atoms in total. The molecule has 2 fully saturated rings. The van der Waals surface area contributed by atoms with Crippen LogP contribution in [0, 0.1) is 26.7 Å². The van der Waals surface area contributed by atoms with E-state index in [9.17, 15) is 4.79 Å². The van der Waals surface area contributed by atoms with Crippen molar-refractivity contribution in [2.75, 3.05) is 0 Å². The van der Waals surface area contributed by atoms with Crippen molar-refractivity contribution in [3.63, 3.8) is 0 Å². The normalized spacial score (nSPS) is 27.0. The first-order valence-corrected chi connectivity index (χ1v) is 9.16. The number of hydrogen-bond donors (Lipinski definition) is 0. The number of carbonyl (C=O) groups is 1. The number of ether oxygens (including phenoxy) is 1. The van der Waals surface area contributed by atoms with E-state index in [4.69, 9.17) is 4.74 Å². The Labute approximate surface area is 153 Å². The van der Waals surface area contributed by atoms with E-state index in [2.05, 4.69) is 21.9 Å². The molecular weight excluding hydrogens is 328 g/mol. The van der Waals surface area contributed by atoms with E-state index in [1.807, 2.05) is 37.8 Å². The molecule has 0 aromatic carbocycles. The van der Waals surface area contributed by atoms with Crippen LogP contribution in [0.1, 0.15) is 47.2 Å². The summed E-state index contributed by atoms with van der Waals surface area (Å²) in [6.45, 7) is 7.88. The number of likely N-dealkylation sites (tertiary alicyclic amines) is 1. The first-order chi connectivity index (χ1) is 12.4. The van der Waals surface area contributed by atoms with Gasteiger partial charge in [0, 0.05) is 11.7 Å². The van der Waals surface area contributed by atoms with Crippen LogP contribution < -0.4 is 4.74 Å². The van der Waals surface area contributed by atoms with Crippen molar-refractivity contribution >= 4 is 5.91 Å². The number of hydrogen-bond acceptors (Lipinski definition) is 5. The zero-order valence-electron chi connectivity index (χ0n) is 15.6. The molecule has 2 aromatic rings. The Kier molecular flexibility index (Phi) is 4.13. The van der Waals surface area contributed by atoms with Crippen LogP contribution in [0.4, 0.5) is 0 Å². The van der Waals surface area contributed by atoms with Gasteiger partial charge in [0.1, 0.15) is 11.8 Å². The molecule has 2 aliphatic rings. The minimum Gasteiger partial charge on any atom is -0.471 e. The molecule has 26 heavy (non-hydrogen) atoms. The highest BCUT2D eigenvalue weighted by molar-refractivity contribution is 5.94. The lowest BCUT2D eigenvalue weighted by Gasteiger charge is -2.37. The highest BCUT2D eigenvalue weighted by Gasteiger charge is 2.53. The van der Waals surface area contributed by atoms with Gasteiger partial charge in [0.25, 0.3) is 5.91 Å². The summed E-state index contributed by atoms with van der Waals surface area (Å²) in [6, 6.07) is 4.17. The highest BCUT2D eigenvalue weighted by atomic mass is 16.5. The summed E-state index contributed by atoms with van der Waals surface area (Å²) >= 11 is 0. The summed E-state index contributed by atoms with van der Waals surface area (Å²) < 4.78 is 6.09. The van der Waals surface area contributed by atoms with Gasteiger partial charge in [0.05, 0.1) is 24.1 Å². The smallest absolute Gasteiger partial charge is 0.273 e. The molecule has 2 aromatic heterocycles. The van der Waals surface area contributed by atoms with Crippen molar-refractivity contribution in [1.82, 2.24) is 19.9 Å². The van der Waals surface area contributed by atoms with E-state index in [1.54, 1.807) is 12.4 Å². The van der Waals surface area contributed by atoms with Crippen molar-refractivity contribution in [2.45, 2.75) is 58.7 Å². The van der Waals surface area contributed by atoms with E-state index < -0.39 is 0 Å². The van der Waals surface area contributed by atoms with Crippen molar-refractivity contribution < 1.29 is 9.53 Å². The fourth-order valence-corrected chi connectivity index (χ4v) is 4.25. The monoisotopic (exact) mass is 352 g/mol. The average molecular weight is 352 g/mol. The molecule has 1 aliphatic heterocycles. The number of rotatable bonds is 3. The Morgan fingerprint density at radius 3 is 2.62 bits per heavy atom. The largest absolute Gasteiger partial charge is 0.471 e.